The third kappa shape index (κ3) is 19.5. The van der Waals surface area contributed by atoms with Crippen LogP contribution in [0.15, 0.2) is 97.6 Å². The number of pyridine rings is 4. The van der Waals surface area contributed by atoms with Gasteiger partial charge in [-0.05, 0) is 48.5 Å². The van der Waals surface area contributed by atoms with Crippen LogP contribution in [0.2, 0.25) is 0 Å². The van der Waals surface area contributed by atoms with E-state index in [0.717, 1.165) is 101 Å². The summed E-state index contributed by atoms with van der Waals surface area (Å²) in [4.78, 5) is 28.0. The average Bonchev–Trinajstić information content (AvgIpc) is 4.13. The Kier molecular flexibility index (Phi) is 31.9. The first-order chi connectivity index (χ1) is 29.5. The topological polar surface area (TPSA) is 202 Å². The number of hydrogen-bond donors (Lipinski definition) is 4. The van der Waals surface area contributed by atoms with Gasteiger partial charge in [-0.3, -0.25) is 60.8 Å². The van der Waals surface area contributed by atoms with Crippen molar-refractivity contribution in [1.82, 2.24) is 60.8 Å². The Hall–Kier alpha value is -3.48. The minimum absolute atomic E-state index is 0. The standard InChI is InChI=1S/2C18H24N6.4CNS.2Mn/c2*1-3-7-19-15(5-1)17-21-9-11-23(17)13-14-24-12-10-22-18(24)16-6-2-4-8-20-16;4*2-1-3;;/h2*1-8,17-18,21-22H,9-14H2;;;;;;/q;;4*-1;+2;+3/t2*17-,18-;;;;;;/m10....../s1. The zero-order chi connectivity index (χ0) is 43.2. The summed E-state index contributed by atoms with van der Waals surface area (Å²) in [7, 11) is 0. The summed E-state index contributed by atoms with van der Waals surface area (Å²) in [5.41, 5.74) is 4.43. The first-order valence-electron chi connectivity index (χ1n) is 19.1. The third-order valence-corrected chi connectivity index (χ3v) is 9.63. The van der Waals surface area contributed by atoms with Crippen LogP contribution >= 0.6 is 48.9 Å². The van der Waals surface area contributed by atoms with E-state index in [-0.39, 0.29) is 58.8 Å². The van der Waals surface area contributed by atoms with Gasteiger partial charge in [0.25, 0.3) is 0 Å². The van der Waals surface area contributed by atoms with Crippen LogP contribution in [-0.4, -0.2) is 139 Å². The quantitative estimate of drug-likeness (QED) is 0.0975. The SMILES string of the molecule is [Mn+2].[Mn+3].[N-]=C=S.[N-]=C=S.[N-]=C=S.[N-]=C=S.c1ccc([C@@H]2NCCN2CCN2CCN[C@H]2c2ccccn2)nc1.c1ccc([C@H]2NCCN2CCN2CCN[C@@H]2c2ccccn2)nc1. The smallest absolute Gasteiger partial charge is 0.753 e. The Morgan fingerprint density at radius 2 is 0.629 bits per heavy atom. The molecule has 325 valence electrons. The first kappa shape index (κ1) is 56.5. The van der Waals surface area contributed by atoms with Gasteiger partial charge in [-0.2, -0.15) is 20.6 Å². The second-order valence-electron chi connectivity index (χ2n) is 13.0. The molecule has 4 N–H and O–H groups in total. The molecule has 0 amide bonds. The van der Waals surface area contributed by atoms with Crippen LogP contribution in [0.3, 0.4) is 0 Å². The summed E-state index contributed by atoms with van der Waals surface area (Å²) in [6, 6.07) is 24.5. The molecule has 4 aliphatic rings. The summed E-state index contributed by atoms with van der Waals surface area (Å²) in [6.07, 6.45) is 8.41. The van der Waals surface area contributed by atoms with E-state index >= 15 is 0 Å². The van der Waals surface area contributed by atoms with Gasteiger partial charge >= 0.3 is 34.1 Å². The van der Waals surface area contributed by atoms with Crippen molar-refractivity contribution in [1.29, 1.82) is 0 Å². The van der Waals surface area contributed by atoms with Crippen molar-refractivity contribution in [3.63, 3.8) is 0 Å². The molecule has 0 saturated carbocycles. The maximum atomic E-state index is 7.13. The van der Waals surface area contributed by atoms with Crippen molar-refractivity contribution in [2.75, 3.05) is 78.5 Å². The number of rotatable bonds is 10. The molecule has 0 aliphatic carbocycles. The van der Waals surface area contributed by atoms with Gasteiger partial charge in [0.05, 0.1) is 22.8 Å². The number of isothiocyanates is 4. The molecule has 4 saturated heterocycles. The van der Waals surface area contributed by atoms with Crippen molar-refractivity contribution < 1.29 is 34.1 Å². The van der Waals surface area contributed by atoms with Crippen LogP contribution in [0.1, 0.15) is 47.4 Å². The van der Waals surface area contributed by atoms with Gasteiger partial charge in [0.1, 0.15) is 24.7 Å². The summed E-state index contributed by atoms with van der Waals surface area (Å²) in [5.74, 6) is 0. The van der Waals surface area contributed by atoms with E-state index in [1.165, 1.54) is 20.6 Å². The Morgan fingerprint density at radius 3 is 0.790 bits per heavy atom. The van der Waals surface area contributed by atoms with E-state index in [4.69, 9.17) is 21.6 Å². The van der Waals surface area contributed by atoms with Crippen LogP contribution in [0, 0.1) is 0 Å². The monoisotopic (exact) mass is 990 g/mol. The fourth-order valence-corrected chi connectivity index (χ4v) is 7.21. The molecule has 1 radical (unpaired) electrons. The van der Waals surface area contributed by atoms with E-state index in [2.05, 4.69) is 158 Å². The van der Waals surface area contributed by atoms with Gasteiger partial charge < -0.3 is 21.6 Å². The fraction of sp³-hybridized carbons (Fsp3) is 0.400. The Bertz CT molecular complexity index is 1630. The van der Waals surface area contributed by atoms with E-state index < -0.39 is 0 Å². The molecule has 0 aromatic carbocycles. The van der Waals surface area contributed by atoms with Gasteiger partial charge in [-0.25, -0.2) is 0 Å². The molecule has 62 heavy (non-hydrogen) atoms. The van der Waals surface area contributed by atoms with Crippen LogP contribution in [0.25, 0.3) is 21.6 Å². The molecule has 4 fully saturated rings. The molecule has 22 heteroatoms. The minimum atomic E-state index is 0. The Labute approximate surface area is 406 Å². The second kappa shape index (κ2) is 34.9. The molecular formula is C40H48Mn2N16S4+. The molecule has 4 atom stereocenters. The number of aromatic nitrogens is 4. The Balaban J connectivity index is 0.000000483. The average molecular weight is 991 g/mol. The predicted molar refractivity (Wildman–Crippen MR) is 250 cm³/mol. The molecule has 8 heterocycles. The van der Waals surface area contributed by atoms with Crippen molar-refractivity contribution in [3.05, 3.63) is 142 Å². The molecule has 0 spiro atoms. The maximum absolute atomic E-state index is 7.13. The Morgan fingerprint density at radius 1 is 0.435 bits per heavy atom. The van der Waals surface area contributed by atoms with Gasteiger partial charge in [0.2, 0.25) is 0 Å². The molecule has 0 unspecified atom stereocenters. The van der Waals surface area contributed by atoms with Crippen LogP contribution in [0.4, 0.5) is 0 Å². The minimum Gasteiger partial charge on any atom is -0.753 e. The zero-order valence-corrected chi connectivity index (χ0v) is 39.4. The van der Waals surface area contributed by atoms with E-state index in [1.54, 1.807) is 0 Å². The van der Waals surface area contributed by atoms with E-state index in [1.807, 2.05) is 49.1 Å². The summed E-state index contributed by atoms with van der Waals surface area (Å²) >= 11 is 14.8. The number of nitrogens with zero attached hydrogens (tertiary/aromatic N) is 12. The van der Waals surface area contributed by atoms with Crippen molar-refractivity contribution in [2.24, 2.45) is 0 Å². The van der Waals surface area contributed by atoms with Crippen molar-refractivity contribution in [2.45, 2.75) is 24.7 Å². The maximum Gasteiger partial charge on any atom is 3.00 e. The van der Waals surface area contributed by atoms with Gasteiger partial charge in [0, 0.05) is 103 Å². The van der Waals surface area contributed by atoms with Crippen LogP contribution in [-0.2, 0) is 34.1 Å². The van der Waals surface area contributed by atoms with Gasteiger partial charge in [-0.15, -0.1) is 0 Å². The largest absolute Gasteiger partial charge is 3.00 e. The second-order valence-corrected chi connectivity index (χ2v) is 13.7. The number of thiocarbonyl (C=S) groups is 4. The first-order valence-corrected chi connectivity index (χ1v) is 20.7. The van der Waals surface area contributed by atoms with Crippen LogP contribution < -0.4 is 21.3 Å². The van der Waals surface area contributed by atoms with E-state index in [9.17, 15) is 0 Å². The molecule has 8 rings (SSSR count). The molecule has 4 aromatic rings. The number of nitrogens with one attached hydrogen (secondary N) is 4. The molecule has 0 bridgehead atoms. The van der Waals surface area contributed by atoms with E-state index in [0.29, 0.717) is 0 Å². The summed E-state index contributed by atoms with van der Waals surface area (Å²) in [6.45, 7) is 12.4. The molecular weight excluding hydrogens is 943 g/mol. The molecule has 16 nitrogen and oxygen atoms in total. The zero-order valence-electron chi connectivity index (χ0n) is 33.8. The number of hydrogen-bond acceptors (Lipinski definition) is 16. The molecule has 4 aromatic heterocycles. The summed E-state index contributed by atoms with van der Waals surface area (Å²) < 4.78 is 0. The van der Waals surface area contributed by atoms with Crippen molar-refractivity contribution >= 4 is 69.5 Å². The molecule has 4 aliphatic heterocycles. The van der Waals surface area contributed by atoms with Crippen LogP contribution in [0.5, 0.6) is 0 Å². The summed E-state index contributed by atoms with van der Waals surface area (Å²) in [5, 5.41) is 48.1. The van der Waals surface area contributed by atoms with Crippen molar-refractivity contribution in [3.8, 4) is 0 Å². The van der Waals surface area contributed by atoms with Gasteiger partial charge in [0.15, 0.2) is 0 Å². The fourth-order valence-electron chi connectivity index (χ4n) is 7.21. The van der Waals surface area contributed by atoms with Gasteiger partial charge in [-0.1, -0.05) is 73.1 Å². The normalized spacial score (nSPS) is 20.1. The predicted octanol–water partition coefficient (Wildman–Crippen LogP) is 4.60. The third-order valence-electron chi connectivity index (χ3n) is 9.63.